The Balaban J connectivity index is 1.72. The highest BCUT2D eigenvalue weighted by molar-refractivity contribution is 5.95. The van der Waals surface area contributed by atoms with Gasteiger partial charge in [-0.25, -0.2) is 9.97 Å². The number of nitrogens with one attached hydrogen (secondary N) is 1. The fourth-order valence-electron chi connectivity index (χ4n) is 2.62. The van der Waals surface area contributed by atoms with Gasteiger partial charge in [0.2, 0.25) is 5.95 Å². The van der Waals surface area contributed by atoms with Gasteiger partial charge in [0.25, 0.3) is 5.91 Å². The Hall–Kier alpha value is -2.43. The van der Waals surface area contributed by atoms with Gasteiger partial charge in [-0.3, -0.25) is 4.79 Å². The van der Waals surface area contributed by atoms with Crippen molar-refractivity contribution in [2.24, 2.45) is 5.92 Å². The molecule has 0 radical (unpaired) electrons. The minimum Gasteiger partial charge on any atom is -0.339 e. The first kappa shape index (κ1) is 14.5. The Morgan fingerprint density at radius 1 is 1.18 bits per heavy atom. The minimum atomic E-state index is 0.101. The van der Waals surface area contributed by atoms with Gasteiger partial charge in [-0.2, -0.15) is 0 Å². The molecule has 22 heavy (non-hydrogen) atoms. The zero-order valence-electron chi connectivity index (χ0n) is 12.7. The van der Waals surface area contributed by atoms with Crippen LogP contribution in [0.5, 0.6) is 0 Å². The molecule has 5 nitrogen and oxygen atoms in total. The first-order valence-electron chi connectivity index (χ1n) is 7.66. The molecule has 0 unspecified atom stereocenters. The predicted molar refractivity (Wildman–Crippen MR) is 86.1 cm³/mol. The quantitative estimate of drug-likeness (QED) is 0.945. The number of nitrogens with zero attached hydrogens (tertiary/aromatic N) is 3. The van der Waals surface area contributed by atoms with Crippen molar-refractivity contribution in [3.05, 3.63) is 48.3 Å². The molecule has 0 aliphatic carbocycles. The molecular formula is C17H20N4O. The van der Waals surface area contributed by atoms with E-state index in [0.29, 0.717) is 17.4 Å². The number of carbonyl (C=O) groups is 1. The minimum absolute atomic E-state index is 0.101. The molecule has 5 heteroatoms. The molecule has 0 saturated carbocycles. The number of carbonyl (C=O) groups excluding carboxylic acids is 1. The number of benzene rings is 1. The Bertz CT molecular complexity index is 636. The van der Waals surface area contributed by atoms with E-state index in [4.69, 9.17) is 0 Å². The van der Waals surface area contributed by atoms with Crippen LogP contribution < -0.4 is 5.32 Å². The Morgan fingerprint density at radius 3 is 2.64 bits per heavy atom. The third-order valence-corrected chi connectivity index (χ3v) is 4.00. The molecule has 1 fully saturated rings. The van der Waals surface area contributed by atoms with E-state index in [1.54, 1.807) is 18.5 Å². The summed E-state index contributed by atoms with van der Waals surface area (Å²) in [6.45, 7) is 3.94. The van der Waals surface area contributed by atoms with Crippen molar-refractivity contribution in [2.45, 2.75) is 19.8 Å². The van der Waals surface area contributed by atoms with E-state index in [1.165, 1.54) is 0 Å². The summed E-state index contributed by atoms with van der Waals surface area (Å²) in [7, 11) is 0. The molecule has 1 saturated heterocycles. The van der Waals surface area contributed by atoms with Gasteiger partial charge in [0.1, 0.15) is 0 Å². The Labute approximate surface area is 130 Å². The maximum Gasteiger partial charge on any atom is 0.253 e. The topological polar surface area (TPSA) is 58.1 Å². The Morgan fingerprint density at radius 2 is 1.91 bits per heavy atom. The van der Waals surface area contributed by atoms with Crippen molar-refractivity contribution >= 4 is 17.5 Å². The molecule has 1 N–H and O–H groups in total. The summed E-state index contributed by atoms with van der Waals surface area (Å²) in [4.78, 5) is 22.8. The van der Waals surface area contributed by atoms with Crippen molar-refractivity contribution < 1.29 is 4.79 Å². The van der Waals surface area contributed by atoms with Crippen LogP contribution in [0.15, 0.2) is 42.7 Å². The monoisotopic (exact) mass is 296 g/mol. The van der Waals surface area contributed by atoms with Crippen molar-refractivity contribution in [2.75, 3.05) is 18.4 Å². The highest BCUT2D eigenvalue weighted by Crippen LogP contribution is 2.20. The normalized spacial score (nSPS) is 15.6. The second-order valence-corrected chi connectivity index (χ2v) is 5.75. The Kier molecular flexibility index (Phi) is 4.32. The van der Waals surface area contributed by atoms with Gasteiger partial charge in [-0.15, -0.1) is 0 Å². The molecular weight excluding hydrogens is 276 g/mol. The maximum absolute atomic E-state index is 12.6. The zero-order valence-corrected chi connectivity index (χ0v) is 12.7. The van der Waals surface area contributed by atoms with E-state index in [-0.39, 0.29) is 5.91 Å². The summed E-state index contributed by atoms with van der Waals surface area (Å²) in [6.07, 6.45) is 5.53. The number of likely N-dealkylation sites (tertiary alicyclic amines) is 1. The lowest BCUT2D eigenvalue weighted by Gasteiger charge is -2.30. The molecule has 3 rings (SSSR count). The van der Waals surface area contributed by atoms with Crippen LogP contribution in [0.25, 0.3) is 0 Å². The third-order valence-electron chi connectivity index (χ3n) is 4.00. The standard InChI is InChI=1S/C17H20N4O/c1-13-6-10-21(11-7-13)16(22)14-4-2-5-15(12-14)20-17-18-8-3-9-19-17/h2-5,8-9,12-13H,6-7,10-11H2,1H3,(H,18,19,20). The molecule has 2 aromatic rings. The molecule has 1 aliphatic rings. The number of anilines is 2. The van der Waals surface area contributed by atoms with Crippen LogP contribution in [-0.4, -0.2) is 33.9 Å². The highest BCUT2D eigenvalue weighted by Gasteiger charge is 2.21. The summed E-state index contributed by atoms with van der Waals surface area (Å²) < 4.78 is 0. The summed E-state index contributed by atoms with van der Waals surface area (Å²) in [6, 6.07) is 9.27. The van der Waals surface area contributed by atoms with Crippen LogP contribution in [0.1, 0.15) is 30.1 Å². The van der Waals surface area contributed by atoms with Gasteiger partial charge in [-0.05, 0) is 43.0 Å². The van der Waals surface area contributed by atoms with Gasteiger partial charge >= 0.3 is 0 Å². The lowest BCUT2D eigenvalue weighted by Crippen LogP contribution is -2.37. The molecule has 1 aromatic carbocycles. The average Bonchev–Trinajstić information content (AvgIpc) is 2.56. The number of hydrogen-bond acceptors (Lipinski definition) is 4. The SMILES string of the molecule is CC1CCN(C(=O)c2cccc(Nc3ncccn3)c2)CC1. The van der Waals surface area contributed by atoms with Gasteiger partial charge in [0, 0.05) is 36.7 Å². The van der Waals surface area contributed by atoms with Crippen LogP contribution in [0.3, 0.4) is 0 Å². The predicted octanol–water partition coefficient (Wildman–Crippen LogP) is 3.09. The number of hydrogen-bond donors (Lipinski definition) is 1. The molecule has 0 spiro atoms. The van der Waals surface area contributed by atoms with Crippen molar-refractivity contribution in [3.63, 3.8) is 0 Å². The lowest BCUT2D eigenvalue weighted by atomic mass is 9.98. The third kappa shape index (κ3) is 3.42. The molecule has 0 bridgehead atoms. The number of piperidine rings is 1. The van der Waals surface area contributed by atoms with E-state index in [1.807, 2.05) is 29.2 Å². The summed E-state index contributed by atoms with van der Waals surface area (Å²) >= 11 is 0. The second-order valence-electron chi connectivity index (χ2n) is 5.75. The lowest BCUT2D eigenvalue weighted by molar-refractivity contribution is 0.0697. The first-order valence-corrected chi connectivity index (χ1v) is 7.66. The molecule has 1 amide bonds. The fraction of sp³-hybridized carbons (Fsp3) is 0.353. The van der Waals surface area contributed by atoms with Crippen molar-refractivity contribution in [1.29, 1.82) is 0 Å². The van der Waals surface area contributed by atoms with Crippen LogP contribution >= 0.6 is 0 Å². The maximum atomic E-state index is 12.6. The number of amides is 1. The van der Waals surface area contributed by atoms with Gasteiger partial charge in [0.15, 0.2) is 0 Å². The van der Waals surface area contributed by atoms with Crippen LogP contribution in [0, 0.1) is 5.92 Å². The van der Waals surface area contributed by atoms with E-state index >= 15 is 0 Å². The largest absolute Gasteiger partial charge is 0.339 e. The molecule has 1 aromatic heterocycles. The fourth-order valence-corrected chi connectivity index (χ4v) is 2.62. The smallest absolute Gasteiger partial charge is 0.253 e. The van der Waals surface area contributed by atoms with Crippen molar-refractivity contribution in [1.82, 2.24) is 14.9 Å². The van der Waals surface area contributed by atoms with Gasteiger partial charge in [0.05, 0.1) is 0 Å². The first-order chi connectivity index (χ1) is 10.7. The molecule has 114 valence electrons. The van der Waals surface area contributed by atoms with Gasteiger partial charge in [-0.1, -0.05) is 13.0 Å². The van der Waals surface area contributed by atoms with Crippen molar-refractivity contribution in [3.8, 4) is 0 Å². The highest BCUT2D eigenvalue weighted by atomic mass is 16.2. The number of rotatable bonds is 3. The molecule has 0 atom stereocenters. The van der Waals surface area contributed by atoms with Crippen LogP contribution in [0.2, 0.25) is 0 Å². The van der Waals surface area contributed by atoms with Gasteiger partial charge < -0.3 is 10.2 Å². The summed E-state index contributed by atoms with van der Waals surface area (Å²) in [5.74, 6) is 1.34. The number of aromatic nitrogens is 2. The molecule has 2 heterocycles. The van der Waals surface area contributed by atoms with Crippen LogP contribution in [-0.2, 0) is 0 Å². The average molecular weight is 296 g/mol. The van der Waals surface area contributed by atoms with E-state index < -0.39 is 0 Å². The second kappa shape index (κ2) is 6.56. The summed E-state index contributed by atoms with van der Waals surface area (Å²) in [5, 5.41) is 3.12. The zero-order chi connectivity index (χ0) is 15.4. The molecule has 1 aliphatic heterocycles. The van der Waals surface area contributed by atoms with Crippen LogP contribution in [0.4, 0.5) is 11.6 Å². The summed E-state index contributed by atoms with van der Waals surface area (Å²) in [5.41, 5.74) is 1.53. The van der Waals surface area contributed by atoms with E-state index in [2.05, 4.69) is 22.2 Å². The van der Waals surface area contributed by atoms with E-state index in [9.17, 15) is 4.79 Å². The van der Waals surface area contributed by atoms with E-state index in [0.717, 1.165) is 31.6 Å².